The number of nitrogens with zero attached hydrogens (tertiary/aromatic N) is 2. The monoisotopic (exact) mass is 355 g/mol. The van der Waals surface area contributed by atoms with Crippen molar-refractivity contribution >= 4 is 11.6 Å². The Labute approximate surface area is 153 Å². The van der Waals surface area contributed by atoms with Crippen LogP contribution in [0.15, 0.2) is 60.7 Å². The first kappa shape index (κ1) is 17.5. The average Bonchev–Trinajstić information content (AvgIpc) is 3.05. The minimum Gasteiger partial charge on any atom is -0.481 e. The van der Waals surface area contributed by atoms with Crippen LogP contribution < -0.4 is 10.1 Å². The molecule has 0 spiro atoms. The molecule has 2 aromatic carbocycles. The highest BCUT2D eigenvalue weighted by molar-refractivity contribution is 6.30. The number of aromatic nitrogens is 2. The summed E-state index contributed by atoms with van der Waals surface area (Å²) in [6.07, 6.45) is 0.821. The zero-order chi connectivity index (χ0) is 17.6. The molecule has 0 saturated carbocycles. The summed E-state index contributed by atoms with van der Waals surface area (Å²) in [5, 5.41) is 8.86. The van der Waals surface area contributed by atoms with Crippen LogP contribution in [0.1, 0.15) is 24.2 Å². The SMILES string of the molecule is COc1cc(CCN[C@H](C)c2ccccc2)nn1-c1cccc(Cl)c1. The highest BCUT2D eigenvalue weighted by Gasteiger charge is 2.11. The zero-order valence-electron chi connectivity index (χ0n) is 14.4. The highest BCUT2D eigenvalue weighted by atomic mass is 35.5. The van der Waals surface area contributed by atoms with E-state index in [1.165, 1.54) is 5.56 Å². The van der Waals surface area contributed by atoms with E-state index >= 15 is 0 Å². The molecule has 0 bridgehead atoms. The van der Waals surface area contributed by atoms with Gasteiger partial charge in [-0.1, -0.05) is 48.0 Å². The van der Waals surface area contributed by atoms with Gasteiger partial charge in [-0.05, 0) is 30.7 Å². The summed E-state index contributed by atoms with van der Waals surface area (Å²) in [7, 11) is 1.65. The van der Waals surface area contributed by atoms with Crippen LogP contribution in [-0.2, 0) is 6.42 Å². The second kappa shape index (κ2) is 8.19. The fraction of sp³-hybridized carbons (Fsp3) is 0.250. The van der Waals surface area contributed by atoms with E-state index < -0.39 is 0 Å². The van der Waals surface area contributed by atoms with Crippen LogP contribution in [0.4, 0.5) is 0 Å². The van der Waals surface area contributed by atoms with E-state index in [1.54, 1.807) is 11.8 Å². The Balaban J connectivity index is 1.65. The molecule has 130 valence electrons. The molecular weight excluding hydrogens is 334 g/mol. The van der Waals surface area contributed by atoms with E-state index in [4.69, 9.17) is 16.3 Å². The first-order valence-corrected chi connectivity index (χ1v) is 8.72. The van der Waals surface area contributed by atoms with E-state index in [1.807, 2.05) is 36.4 Å². The van der Waals surface area contributed by atoms with E-state index in [2.05, 4.69) is 41.6 Å². The minimum atomic E-state index is 0.304. The fourth-order valence-electron chi connectivity index (χ4n) is 2.75. The van der Waals surface area contributed by atoms with Crippen LogP contribution >= 0.6 is 11.6 Å². The van der Waals surface area contributed by atoms with Gasteiger partial charge in [0.25, 0.3) is 0 Å². The Kier molecular flexibility index (Phi) is 5.74. The maximum Gasteiger partial charge on any atom is 0.216 e. The fourth-order valence-corrected chi connectivity index (χ4v) is 2.93. The smallest absolute Gasteiger partial charge is 0.216 e. The second-order valence-electron chi connectivity index (χ2n) is 5.91. The standard InChI is InChI=1S/C20H22ClN3O/c1-15(16-7-4-3-5-8-16)22-12-11-18-14-20(25-2)24(23-18)19-10-6-9-17(21)13-19/h3-10,13-15,22H,11-12H2,1-2H3/t15-/m1/s1. The minimum absolute atomic E-state index is 0.304. The van der Waals surface area contributed by atoms with E-state index in [-0.39, 0.29) is 0 Å². The van der Waals surface area contributed by atoms with Crippen LogP contribution in [-0.4, -0.2) is 23.4 Å². The van der Waals surface area contributed by atoms with Gasteiger partial charge in [-0.15, -0.1) is 0 Å². The molecular formula is C20H22ClN3O. The normalized spacial score (nSPS) is 12.1. The van der Waals surface area contributed by atoms with Crippen molar-refractivity contribution < 1.29 is 4.74 Å². The third kappa shape index (κ3) is 4.41. The van der Waals surface area contributed by atoms with Crippen LogP contribution in [0.3, 0.4) is 0 Å². The van der Waals surface area contributed by atoms with Crippen molar-refractivity contribution in [2.24, 2.45) is 0 Å². The molecule has 3 rings (SSSR count). The van der Waals surface area contributed by atoms with Crippen molar-refractivity contribution in [3.05, 3.63) is 76.9 Å². The third-order valence-corrected chi connectivity index (χ3v) is 4.36. The maximum atomic E-state index is 6.08. The molecule has 5 heteroatoms. The first-order chi connectivity index (χ1) is 12.2. The van der Waals surface area contributed by atoms with E-state index in [0.29, 0.717) is 16.9 Å². The molecule has 1 atom stereocenters. The molecule has 0 amide bonds. The lowest BCUT2D eigenvalue weighted by atomic mass is 10.1. The quantitative estimate of drug-likeness (QED) is 0.681. The van der Waals surface area contributed by atoms with Gasteiger partial charge in [-0.2, -0.15) is 5.10 Å². The Morgan fingerprint density at radius 1 is 1.12 bits per heavy atom. The number of hydrogen-bond acceptors (Lipinski definition) is 3. The Morgan fingerprint density at radius 2 is 1.92 bits per heavy atom. The summed E-state index contributed by atoms with van der Waals surface area (Å²) in [5.41, 5.74) is 3.15. The number of nitrogens with one attached hydrogen (secondary N) is 1. The number of ether oxygens (including phenoxy) is 1. The Morgan fingerprint density at radius 3 is 2.64 bits per heavy atom. The first-order valence-electron chi connectivity index (χ1n) is 8.34. The van der Waals surface area contributed by atoms with Gasteiger partial charge < -0.3 is 10.1 Å². The van der Waals surface area contributed by atoms with Crippen molar-refractivity contribution in [3.63, 3.8) is 0 Å². The molecule has 0 radical (unpaired) electrons. The van der Waals surface area contributed by atoms with Crippen molar-refractivity contribution in [2.75, 3.05) is 13.7 Å². The van der Waals surface area contributed by atoms with Crippen molar-refractivity contribution in [1.82, 2.24) is 15.1 Å². The second-order valence-corrected chi connectivity index (χ2v) is 6.34. The summed E-state index contributed by atoms with van der Waals surface area (Å²) in [6.45, 7) is 3.01. The number of halogens is 1. The number of rotatable bonds is 7. The molecule has 4 nitrogen and oxygen atoms in total. The lowest BCUT2D eigenvalue weighted by Crippen LogP contribution is -2.21. The predicted octanol–water partition coefficient (Wildman–Crippen LogP) is 4.43. The van der Waals surface area contributed by atoms with Gasteiger partial charge >= 0.3 is 0 Å². The van der Waals surface area contributed by atoms with Crippen molar-refractivity contribution in [3.8, 4) is 11.6 Å². The summed E-state index contributed by atoms with van der Waals surface area (Å²) < 4.78 is 7.23. The van der Waals surface area contributed by atoms with Gasteiger partial charge in [0.1, 0.15) is 0 Å². The van der Waals surface area contributed by atoms with Crippen LogP contribution in [0.25, 0.3) is 5.69 Å². The molecule has 0 saturated heterocycles. The van der Waals surface area contributed by atoms with Crippen LogP contribution in [0.5, 0.6) is 5.88 Å². The maximum absolute atomic E-state index is 6.08. The zero-order valence-corrected chi connectivity index (χ0v) is 15.2. The molecule has 1 heterocycles. The number of benzene rings is 2. The van der Waals surface area contributed by atoms with Gasteiger partial charge in [-0.3, -0.25) is 0 Å². The Hall–Kier alpha value is -2.30. The predicted molar refractivity (Wildman–Crippen MR) is 102 cm³/mol. The molecule has 0 aliphatic rings. The molecule has 0 aliphatic carbocycles. The van der Waals surface area contributed by atoms with Gasteiger partial charge in [0, 0.05) is 30.1 Å². The Bertz CT molecular complexity index is 817. The van der Waals surface area contributed by atoms with Crippen molar-refractivity contribution in [2.45, 2.75) is 19.4 Å². The summed E-state index contributed by atoms with van der Waals surface area (Å²) in [4.78, 5) is 0. The van der Waals surface area contributed by atoms with E-state index in [9.17, 15) is 0 Å². The van der Waals surface area contributed by atoms with Crippen molar-refractivity contribution in [1.29, 1.82) is 0 Å². The molecule has 0 unspecified atom stereocenters. The van der Waals surface area contributed by atoms with Gasteiger partial charge in [0.05, 0.1) is 18.5 Å². The number of hydrogen-bond donors (Lipinski definition) is 1. The van der Waals surface area contributed by atoms with Crippen LogP contribution in [0, 0.1) is 0 Å². The largest absolute Gasteiger partial charge is 0.481 e. The highest BCUT2D eigenvalue weighted by Crippen LogP contribution is 2.22. The molecule has 25 heavy (non-hydrogen) atoms. The van der Waals surface area contributed by atoms with Gasteiger partial charge in [0.15, 0.2) is 0 Å². The summed E-state index contributed by atoms with van der Waals surface area (Å²) >= 11 is 6.08. The van der Waals surface area contributed by atoms with Gasteiger partial charge in [-0.25, -0.2) is 4.68 Å². The third-order valence-electron chi connectivity index (χ3n) is 4.12. The molecule has 3 aromatic rings. The summed E-state index contributed by atoms with van der Waals surface area (Å²) in [5.74, 6) is 0.702. The number of methoxy groups -OCH3 is 1. The molecule has 0 fully saturated rings. The molecule has 1 N–H and O–H groups in total. The van der Waals surface area contributed by atoms with E-state index in [0.717, 1.165) is 24.3 Å². The lowest BCUT2D eigenvalue weighted by molar-refractivity contribution is 0.383. The topological polar surface area (TPSA) is 39.1 Å². The van der Waals surface area contributed by atoms with Gasteiger partial charge in [0.2, 0.25) is 5.88 Å². The molecule has 1 aromatic heterocycles. The van der Waals surface area contributed by atoms with Crippen LogP contribution in [0.2, 0.25) is 5.02 Å². The summed E-state index contributed by atoms with van der Waals surface area (Å²) in [6, 6.07) is 20.3. The lowest BCUT2D eigenvalue weighted by Gasteiger charge is -2.13. The molecule has 0 aliphatic heterocycles. The average molecular weight is 356 g/mol.